The van der Waals surface area contributed by atoms with Crippen molar-refractivity contribution >= 4 is 17.3 Å². The number of rotatable bonds is 3. The third-order valence-electron chi connectivity index (χ3n) is 3.29. The van der Waals surface area contributed by atoms with E-state index in [0.717, 1.165) is 21.8 Å². The van der Waals surface area contributed by atoms with Gasteiger partial charge in [0.25, 0.3) is 0 Å². The number of aromatic carboxylic acids is 1. The summed E-state index contributed by atoms with van der Waals surface area (Å²) in [6, 6.07) is 1.74. The predicted octanol–water partition coefficient (Wildman–Crippen LogP) is 2.92. The van der Waals surface area contributed by atoms with Crippen molar-refractivity contribution in [2.24, 2.45) is 0 Å². The van der Waals surface area contributed by atoms with E-state index in [1.165, 1.54) is 16.9 Å². The van der Waals surface area contributed by atoms with Crippen LogP contribution in [0.3, 0.4) is 0 Å². The Kier molecular flexibility index (Phi) is 3.26. The largest absolute Gasteiger partial charge is 0.477 e. The van der Waals surface area contributed by atoms with Gasteiger partial charge in [0, 0.05) is 10.6 Å². The Labute approximate surface area is 110 Å². The van der Waals surface area contributed by atoms with Crippen molar-refractivity contribution < 1.29 is 9.90 Å². The molecule has 96 valence electrons. The number of carbonyl (C=O) groups is 1. The number of carboxylic acids is 1. The summed E-state index contributed by atoms with van der Waals surface area (Å²) in [5.41, 5.74) is 4.39. The highest BCUT2D eigenvalue weighted by Crippen LogP contribution is 2.23. The van der Waals surface area contributed by atoms with E-state index in [4.69, 9.17) is 5.11 Å². The predicted molar refractivity (Wildman–Crippen MR) is 71.6 cm³/mol. The molecule has 0 aliphatic carbocycles. The molecule has 0 unspecified atom stereocenters. The van der Waals surface area contributed by atoms with Crippen LogP contribution in [-0.4, -0.2) is 20.9 Å². The molecule has 1 N–H and O–H groups in total. The lowest BCUT2D eigenvalue weighted by Gasteiger charge is -2.03. The highest BCUT2D eigenvalue weighted by molar-refractivity contribution is 7.14. The summed E-state index contributed by atoms with van der Waals surface area (Å²) in [7, 11) is 0. The van der Waals surface area contributed by atoms with Gasteiger partial charge in [0.05, 0.1) is 12.2 Å². The first-order chi connectivity index (χ1) is 8.40. The van der Waals surface area contributed by atoms with Crippen LogP contribution in [0, 0.1) is 27.7 Å². The quantitative estimate of drug-likeness (QED) is 0.927. The monoisotopic (exact) mass is 264 g/mol. The first-order valence-corrected chi connectivity index (χ1v) is 6.55. The van der Waals surface area contributed by atoms with Gasteiger partial charge in [-0.2, -0.15) is 5.10 Å². The normalized spacial score (nSPS) is 10.9. The molecule has 0 spiro atoms. The number of carboxylic acid groups (broad SMARTS) is 1. The summed E-state index contributed by atoms with van der Waals surface area (Å²) in [6.07, 6.45) is 0. The number of nitrogens with zero attached hydrogens (tertiary/aromatic N) is 2. The molecule has 0 atom stereocenters. The fraction of sp³-hybridized carbons (Fsp3) is 0.385. The Balaban J connectivity index is 2.34. The van der Waals surface area contributed by atoms with E-state index < -0.39 is 5.97 Å². The molecule has 5 heteroatoms. The van der Waals surface area contributed by atoms with Gasteiger partial charge >= 0.3 is 5.97 Å². The van der Waals surface area contributed by atoms with Crippen LogP contribution < -0.4 is 0 Å². The number of aromatic nitrogens is 2. The van der Waals surface area contributed by atoms with Gasteiger partial charge < -0.3 is 5.11 Å². The molecule has 4 nitrogen and oxygen atoms in total. The van der Waals surface area contributed by atoms with Gasteiger partial charge in [-0.1, -0.05) is 0 Å². The SMILES string of the molecule is Cc1nn(Cc2cc(C(=O)O)sc2C)c(C)c1C. The molecule has 0 bridgehead atoms. The summed E-state index contributed by atoms with van der Waals surface area (Å²) < 4.78 is 1.94. The van der Waals surface area contributed by atoms with Crippen molar-refractivity contribution in [1.82, 2.24) is 9.78 Å². The summed E-state index contributed by atoms with van der Waals surface area (Å²) in [5.74, 6) is -0.862. The Hall–Kier alpha value is -1.62. The summed E-state index contributed by atoms with van der Waals surface area (Å²) in [5, 5.41) is 13.5. The van der Waals surface area contributed by atoms with E-state index in [9.17, 15) is 4.79 Å². The Bertz CT molecular complexity index is 611. The van der Waals surface area contributed by atoms with Crippen molar-refractivity contribution in [3.8, 4) is 0 Å². The fourth-order valence-electron chi connectivity index (χ4n) is 1.88. The summed E-state index contributed by atoms with van der Waals surface area (Å²) in [4.78, 5) is 12.4. The van der Waals surface area contributed by atoms with Crippen LogP contribution >= 0.6 is 11.3 Å². The molecule has 0 aromatic carbocycles. The Morgan fingerprint density at radius 3 is 2.50 bits per heavy atom. The number of hydrogen-bond donors (Lipinski definition) is 1. The first-order valence-electron chi connectivity index (χ1n) is 5.73. The lowest BCUT2D eigenvalue weighted by Crippen LogP contribution is -2.04. The number of hydrogen-bond acceptors (Lipinski definition) is 3. The molecule has 2 heterocycles. The molecular weight excluding hydrogens is 248 g/mol. The molecular formula is C13H16N2O2S. The van der Waals surface area contributed by atoms with Gasteiger partial charge in [-0.15, -0.1) is 11.3 Å². The zero-order valence-electron chi connectivity index (χ0n) is 10.9. The zero-order valence-corrected chi connectivity index (χ0v) is 11.8. The highest BCUT2D eigenvalue weighted by atomic mass is 32.1. The zero-order chi connectivity index (χ0) is 13.4. The van der Waals surface area contributed by atoms with Crippen LogP contribution in [0.15, 0.2) is 6.07 Å². The van der Waals surface area contributed by atoms with Crippen molar-refractivity contribution in [3.63, 3.8) is 0 Å². The minimum absolute atomic E-state index is 0.390. The van der Waals surface area contributed by atoms with Crippen LogP contribution in [0.5, 0.6) is 0 Å². The van der Waals surface area contributed by atoms with Crippen LogP contribution in [0.25, 0.3) is 0 Å². The van der Waals surface area contributed by atoms with Gasteiger partial charge in [-0.05, 0) is 44.9 Å². The Morgan fingerprint density at radius 1 is 1.39 bits per heavy atom. The second-order valence-corrected chi connectivity index (χ2v) is 5.71. The molecule has 0 amide bonds. The van der Waals surface area contributed by atoms with E-state index in [-0.39, 0.29) is 0 Å². The lowest BCUT2D eigenvalue weighted by molar-refractivity contribution is 0.0702. The molecule has 2 aromatic heterocycles. The lowest BCUT2D eigenvalue weighted by atomic mass is 10.2. The summed E-state index contributed by atoms with van der Waals surface area (Å²) >= 11 is 1.32. The van der Waals surface area contributed by atoms with Crippen molar-refractivity contribution in [2.75, 3.05) is 0 Å². The molecule has 18 heavy (non-hydrogen) atoms. The highest BCUT2D eigenvalue weighted by Gasteiger charge is 2.13. The molecule has 0 aliphatic rings. The van der Waals surface area contributed by atoms with Crippen molar-refractivity contribution in [1.29, 1.82) is 0 Å². The standard InChI is InChI=1S/C13H16N2O2S/c1-7-8(2)14-15(9(7)3)6-11-5-12(13(16)17)18-10(11)4/h5H,6H2,1-4H3,(H,16,17). The molecule has 0 aliphatic heterocycles. The second-order valence-electron chi connectivity index (χ2n) is 4.45. The van der Waals surface area contributed by atoms with Crippen LogP contribution in [0.2, 0.25) is 0 Å². The van der Waals surface area contributed by atoms with Crippen LogP contribution in [-0.2, 0) is 6.54 Å². The third kappa shape index (κ3) is 2.18. The van der Waals surface area contributed by atoms with Crippen LogP contribution in [0.1, 0.15) is 37.1 Å². The maximum Gasteiger partial charge on any atom is 0.345 e. The van der Waals surface area contributed by atoms with Gasteiger partial charge in [0.1, 0.15) is 4.88 Å². The maximum absolute atomic E-state index is 10.9. The van der Waals surface area contributed by atoms with Gasteiger partial charge in [-0.3, -0.25) is 4.68 Å². The maximum atomic E-state index is 10.9. The molecule has 0 saturated carbocycles. The van der Waals surface area contributed by atoms with E-state index in [1.807, 2.05) is 25.5 Å². The molecule has 0 fully saturated rings. The minimum atomic E-state index is -0.862. The molecule has 0 radical (unpaired) electrons. The van der Waals surface area contributed by atoms with E-state index in [2.05, 4.69) is 12.0 Å². The first kappa shape index (κ1) is 12.8. The number of aryl methyl sites for hydroxylation is 2. The molecule has 0 saturated heterocycles. The fourth-order valence-corrected chi connectivity index (χ4v) is 2.76. The summed E-state index contributed by atoms with van der Waals surface area (Å²) in [6.45, 7) is 8.66. The van der Waals surface area contributed by atoms with E-state index in [0.29, 0.717) is 11.4 Å². The second kappa shape index (κ2) is 4.57. The van der Waals surface area contributed by atoms with Gasteiger partial charge in [0.2, 0.25) is 0 Å². The number of thiophene rings is 1. The van der Waals surface area contributed by atoms with E-state index >= 15 is 0 Å². The van der Waals surface area contributed by atoms with Gasteiger partial charge in [0.15, 0.2) is 0 Å². The van der Waals surface area contributed by atoms with Crippen molar-refractivity contribution in [2.45, 2.75) is 34.2 Å². The molecule has 2 aromatic rings. The van der Waals surface area contributed by atoms with Crippen LogP contribution in [0.4, 0.5) is 0 Å². The minimum Gasteiger partial charge on any atom is -0.477 e. The Morgan fingerprint density at radius 2 is 2.06 bits per heavy atom. The smallest absolute Gasteiger partial charge is 0.345 e. The topological polar surface area (TPSA) is 55.1 Å². The van der Waals surface area contributed by atoms with E-state index in [1.54, 1.807) is 6.07 Å². The molecule has 2 rings (SSSR count). The van der Waals surface area contributed by atoms with Crippen molar-refractivity contribution in [3.05, 3.63) is 38.3 Å². The average Bonchev–Trinajstić information content (AvgIpc) is 2.77. The van der Waals surface area contributed by atoms with Gasteiger partial charge in [-0.25, -0.2) is 4.79 Å². The third-order valence-corrected chi connectivity index (χ3v) is 4.38. The average molecular weight is 264 g/mol.